The van der Waals surface area contributed by atoms with Crippen LogP contribution in [0.25, 0.3) is 10.9 Å². The third-order valence-electron chi connectivity index (χ3n) is 4.29. The highest BCUT2D eigenvalue weighted by Crippen LogP contribution is 2.24. The maximum absolute atomic E-state index is 5.71. The van der Waals surface area contributed by atoms with E-state index >= 15 is 0 Å². The van der Waals surface area contributed by atoms with Crippen molar-refractivity contribution in [1.82, 2.24) is 4.98 Å². The molecular formula is C20H23NO. The topological polar surface area (TPSA) is 26.0 Å². The van der Waals surface area contributed by atoms with Crippen LogP contribution in [0.1, 0.15) is 48.5 Å². The number of pyridine rings is 1. The van der Waals surface area contributed by atoms with Gasteiger partial charge in [0.05, 0.1) is 5.52 Å². The zero-order valence-electron chi connectivity index (χ0n) is 13.6. The van der Waals surface area contributed by atoms with Crippen molar-refractivity contribution in [2.75, 3.05) is 0 Å². The van der Waals surface area contributed by atoms with Gasteiger partial charge in [0.15, 0.2) is 0 Å². The average Bonchev–Trinajstić information content (AvgIpc) is 2.94. The molecule has 1 unspecified atom stereocenters. The van der Waals surface area contributed by atoms with Gasteiger partial charge in [0.2, 0.25) is 0 Å². The Balaban J connectivity index is 1.64. The molecule has 1 aromatic carbocycles. The van der Waals surface area contributed by atoms with Crippen molar-refractivity contribution in [3.63, 3.8) is 0 Å². The summed E-state index contributed by atoms with van der Waals surface area (Å²) in [5, 5.41) is 1.26. The molecule has 2 heterocycles. The summed E-state index contributed by atoms with van der Waals surface area (Å²) in [4.78, 5) is 4.79. The third kappa shape index (κ3) is 3.22. The summed E-state index contributed by atoms with van der Waals surface area (Å²) in [6.45, 7) is 6.40. The Morgan fingerprint density at radius 2 is 1.91 bits per heavy atom. The Morgan fingerprint density at radius 1 is 1.09 bits per heavy atom. The van der Waals surface area contributed by atoms with E-state index in [-0.39, 0.29) is 0 Å². The van der Waals surface area contributed by atoms with E-state index < -0.39 is 0 Å². The Morgan fingerprint density at radius 3 is 2.68 bits per heavy atom. The van der Waals surface area contributed by atoms with E-state index in [1.54, 1.807) is 0 Å². The van der Waals surface area contributed by atoms with E-state index in [2.05, 4.69) is 50.2 Å². The van der Waals surface area contributed by atoms with Crippen LogP contribution >= 0.6 is 0 Å². The zero-order chi connectivity index (χ0) is 15.5. The predicted molar refractivity (Wildman–Crippen MR) is 91.3 cm³/mol. The number of hydrogen-bond acceptors (Lipinski definition) is 2. The summed E-state index contributed by atoms with van der Waals surface area (Å²) in [7, 11) is 0. The fraction of sp³-hybridized carbons (Fsp3) is 0.350. The quantitative estimate of drug-likeness (QED) is 0.614. The number of rotatable bonds is 5. The number of hydrogen-bond donors (Lipinski definition) is 0. The molecule has 2 heteroatoms. The van der Waals surface area contributed by atoms with Crippen LogP contribution < -0.4 is 0 Å². The van der Waals surface area contributed by atoms with Crippen LogP contribution in [0.4, 0.5) is 0 Å². The number of benzene rings is 1. The molecule has 1 atom stereocenters. The van der Waals surface area contributed by atoms with Crippen molar-refractivity contribution in [1.29, 1.82) is 0 Å². The van der Waals surface area contributed by atoms with Crippen molar-refractivity contribution in [3.05, 3.63) is 65.2 Å². The van der Waals surface area contributed by atoms with Crippen LogP contribution in [0.3, 0.4) is 0 Å². The van der Waals surface area contributed by atoms with Crippen molar-refractivity contribution in [3.8, 4) is 0 Å². The van der Waals surface area contributed by atoms with E-state index in [4.69, 9.17) is 9.40 Å². The van der Waals surface area contributed by atoms with Gasteiger partial charge in [0.1, 0.15) is 11.5 Å². The van der Waals surface area contributed by atoms with E-state index in [0.717, 1.165) is 36.3 Å². The number of aromatic nitrogens is 1. The lowest BCUT2D eigenvalue weighted by molar-refractivity contribution is 0.437. The highest BCUT2D eigenvalue weighted by Gasteiger charge is 2.10. The molecule has 0 spiro atoms. The summed E-state index contributed by atoms with van der Waals surface area (Å²) < 4.78 is 5.71. The molecule has 2 nitrogen and oxygen atoms in total. The fourth-order valence-electron chi connectivity index (χ4n) is 3.00. The number of nitrogens with zero attached hydrogens (tertiary/aromatic N) is 1. The van der Waals surface area contributed by atoms with Crippen LogP contribution in [0, 0.1) is 13.8 Å². The lowest BCUT2D eigenvalue weighted by Crippen LogP contribution is -1.97. The van der Waals surface area contributed by atoms with Crippen molar-refractivity contribution < 1.29 is 4.42 Å². The maximum Gasteiger partial charge on any atom is 0.106 e. The van der Waals surface area contributed by atoms with Gasteiger partial charge >= 0.3 is 0 Å². The lowest BCUT2D eigenvalue weighted by atomic mass is 10.00. The van der Waals surface area contributed by atoms with E-state index in [0.29, 0.717) is 5.92 Å². The normalized spacial score (nSPS) is 12.7. The first-order valence-corrected chi connectivity index (χ1v) is 8.05. The van der Waals surface area contributed by atoms with E-state index in [1.807, 2.05) is 13.0 Å². The van der Waals surface area contributed by atoms with Gasteiger partial charge < -0.3 is 4.42 Å². The predicted octanol–water partition coefficient (Wildman–Crippen LogP) is 5.57. The Bertz CT molecular complexity index is 772. The Labute approximate surface area is 132 Å². The molecule has 0 bridgehead atoms. The minimum Gasteiger partial charge on any atom is -0.466 e. The van der Waals surface area contributed by atoms with Crippen molar-refractivity contribution in [2.24, 2.45) is 0 Å². The molecule has 22 heavy (non-hydrogen) atoms. The number of aryl methyl sites for hydroxylation is 3. The fourth-order valence-corrected chi connectivity index (χ4v) is 3.00. The number of fused-ring (bicyclic) bond motifs is 1. The average molecular weight is 293 g/mol. The highest BCUT2D eigenvalue weighted by molar-refractivity contribution is 5.81. The molecule has 0 saturated carbocycles. The molecular weight excluding hydrogens is 270 g/mol. The number of furan rings is 1. The van der Waals surface area contributed by atoms with Gasteiger partial charge in [0, 0.05) is 17.0 Å². The van der Waals surface area contributed by atoms with E-state index in [1.165, 1.54) is 16.6 Å². The van der Waals surface area contributed by atoms with Gasteiger partial charge in [-0.3, -0.25) is 4.98 Å². The van der Waals surface area contributed by atoms with Gasteiger partial charge in [0.25, 0.3) is 0 Å². The van der Waals surface area contributed by atoms with Crippen LogP contribution in [-0.2, 0) is 6.42 Å². The molecule has 2 aromatic heterocycles. The molecule has 0 aliphatic rings. The first kappa shape index (κ1) is 14.8. The summed E-state index contributed by atoms with van der Waals surface area (Å²) in [6.07, 6.45) is 3.28. The van der Waals surface area contributed by atoms with Crippen molar-refractivity contribution in [2.45, 2.75) is 46.0 Å². The summed E-state index contributed by atoms with van der Waals surface area (Å²) in [5.41, 5.74) is 3.61. The summed E-state index contributed by atoms with van der Waals surface area (Å²) in [6, 6.07) is 14.7. The molecule has 114 valence electrons. The second-order valence-corrected chi connectivity index (χ2v) is 6.19. The van der Waals surface area contributed by atoms with Crippen molar-refractivity contribution >= 4 is 10.9 Å². The molecule has 3 aromatic rings. The van der Waals surface area contributed by atoms with Gasteiger partial charge in [-0.25, -0.2) is 0 Å². The molecule has 3 rings (SSSR count). The SMILES string of the molecule is Cc1ccc(C(C)CCCc2cc(C)c3ccccc3n2)o1. The summed E-state index contributed by atoms with van der Waals surface area (Å²) >= 11 is 0. The van der Waals surface area contributed by atoms with Gasteiger partial charge in [-0.1, -0.05) is 25.1 Å². The first-order chi connectivity index (χ1) is 10.6. The first-order valence-electron chi connectivity index (χ1n) is 8.05. The second kappa shape index (κ2) is 6.35. The van der Waals surface area contributed by atoms with Crippen LogP contribution in [0.15, 0.2) is 46.9 Å². The standard InChI is InChI=1S/C20H23NO/c1-14(20-12-11-16(3)22-20)7-6-8-17-13-15(2)18-9-4-5-10-19(18)21-17/h4-5,9-14H,6-8H2,1-3H3. The van der Waals surface area contributed by atoms with Gasteiger partial charge in [-0.15, -0.1) is 0 Å². The molecule has 0 fully saturated rings. The van der Waals surface area contributed by atoms with Crippen LogP contribution in [-0.4, -0.2) is 4.98 Å². The Kier molecular flexibility index (Phi) is 4.28. The summed E-state index contributed by atoms with van der Waals surface area (Å²) in [5.74, 6) is 2.56. The highest BCUT2D eigenvalue weighted by atomic mass is 16.3. The molecule has 0 aliphatic heterocycles. The van der Waals surface area contributed by atoms with Gasteiger partial charge in [-0.2, -0.15) is 0 Å². The van der Waals surface area contributed by atoms with Gasteiger partial charge in [-0.05, 0) is 62.9 Å². The maximum atomic E-state index is 5.71. The molecule has 0 saturated heterocycles. The third-order valence-corrected chi connectivity index (χ3v) is 4.29. The second-order valence-electron chi connectivity index (χ2n) is 6.19. The minimum atomic E-state index is 0.468. The number of para-hydroxylation sites is 1. The minimum absolute atomic E-state index is 0.468. The zero-order valence-corrected chi connectivity index (χ0v) is 13.6. The lowest BCUT2D eigenvalue weighted by Gasteiger charge is -2.09. The molecule has 0 amide bonds. The van der Waals surface area contributed by atoms with Crippen LogP contribution in [0.5, 0.6) is 0 Å². The van der Waals surface area contributed by atoms with E-state index in [9.17, 15) is 0 Å². The van der Waals surface area contributed by atoms with Crippen LogP contribution in [0.2, 0.25) is 0 Å². The smallest absolute Gasteiger partial charge is 0.106 e. The molecule has 0 N–H and O–H groups in total. The molecule has 0 radical (unpaired) electrons. The largest absolute Gasteiger partial charge is 0.466 e. The Hall–Kier alpha value is -2.09. The monoisotopic (exact) mass is 293 g/mol. The molecule has 0 aliphatic carbocycles.